The molecule has 78 valence electrons. The van der Waals surface area contributed by atoms with Gasteiger partial charge in [0.05, 0.1) is 11.4 Å². The van der Waals surface area contributed by atoms with Crippen LogP contribution < -0.4 is 5.32 Å². The van der Waals surface area contributed by atoms with Crippen LogP contribution in [-0.4, -0.2) is 20.6 Å². The highest BCUT2D eigenvalue weighted by atomic mass is 35.7. The third-order valence-electron chi connectivity index (χ3n) is 1.67. The van der Waals surface area contributed by atoms with Crippen LogP contribution >= 0.6 is 10.7 Å². The van der Waals surface area contributed by atoms with Crippen LogP contribution in [0.5, 0.6) is 5.75 Å². The molecule has 1 rings (SSSR count). The molecule has 4 nitrogen and oxygen atoms in total. The molecule has 0 saturated heterocycles. The maximum Gasteiger partial charge on any atom is 0.236 e. The largest absolute Gasteiger partial charge is 0.506 e. The first-order chi connectivity index (χ1) is 6.42. The molecular formula is C8H10ClNO3S. The molecule has 0 aliphatic rings. The van der Waals surface area contributed by atoms with Crippen LogP contribution in [0.15, 0.2) is 18.2 Å². The van der Waals surface area contributed by atoms with Crippen LogP contribution in [0.2, 0.25) is 0 Å². The lowest BCUT2D eigenvalue weighted by Crippen LogP contribution is -1.96. The molecule has 0 bridgehead atoms. The summed E-state index contributed by atoms with van der Waals surface area (Å²) in [6.45, 7) is 0. The van der Waals surface area contributed by atoms with Crippen molar-refractivity contribution in [3.63, 3.8) is 0 Å². The minimum atomic E-state index is -3.55. The Hall–Kier alpha value is -0.940. The van der Waals surface area contributed by atoms with Gasteiger partial charge in [0.1, 0.15) is 5.75 Å². The fraction of sp³-hybridized carbons (Fsp3) is 0.250. The SMILES string of the molecule is CNc1cc(CS(=O)(=O)Cl)ccc1O. The molecule has 0 saturated carbocycles. The lowest BCUT2D eigenvalue weighted by atomic mass is 10.2. The number of benzene rings is 1. The first-order valence-corrected chi connectivity index (χ1v) is 6.32. The summed E-state index contributed by atoms with van der Waals surface area (Å²) in [5.74, 6) is -0.174. The fourth-order valence-corrected chi connectivity index (χ4v) is 2.03. The molecule has 1 aromatic rings. The van der Waals surface area contributed by atoms with Gasteiger partial charge in [-0.3, -0.25) is 0 Å². The van der Waals surface area contributed by atoms with E-state index in [1.165, 1.54) is 18.2 Å². The van der Waals surface area contributed by atoms with Gasteiger partial charge in [0.2, 0.25) is 9.05 Å². The molecule has 6 heteroatoms. The van der Waals surface area contributed by atoms with Crippen LogP contribution in [0.4, 0.5) is 5.69 Å². The van der Waals surface area contributed by atoms with Crippen molar-refractivity contribution in [1.82, 2.24) is 0 Å². The predicted molar refractivity (Wildman–Crippen MR) is 56.1 cm³/mol. The fourth-order valence-electron chi connectivity index (χ4n) is 1.07. The average Bonchev–Trinajstić information content (AvgIpc) is 2.06. The van der Waals surface area contributed by atoms with Crippen LogP contribution in [0.1, 0.15) is 5.56 Å². The minimum Gasteiger partial charge on any atom is -0.506 e. The van der Waals surface area contributed by atoms with Gasteiger partial charge in [-0.25, -0.2) is 8.42 Å². The van der Waals surface area contributed by atoms with Crippen molar-refractivity contribution < 1.29 is 13.5 Å². The molecule has 0 fully saturated rings. The van der Waals surface area contributed by atoms with E-state index in [1.807, 2.05) is 0 Å². The summed E-state index contributed by atoms with van der Waals surface area (Å²) in [6, 6.07) is 4.47. The van der Waals surface area contributed by atoms with Crippen molar-refractivity contribution in [1.29, 1.82) is 0 Å². The first kappa shape index (κ1) is 11.1. The molecule has 0 aliphatic carbocycles. The Kier molecular flexibility index (Phi) is 3.23. The maximum absolute atomic E-state index is 10.8. The standard InChI is InChI=1S/C8H10ClNO3S/c1-10-7-4-6(2-3-8(7)11)5-14(9,12)13/h2-4,10-11H,5H2,1H3. The van der Waals surface area contributed by atoms with Gasteiger partial charge in [0.15, 0.2) is 0 Å². The summed E-state index contributed by atoms with van der Waals surface area (Å²) in [5.41, 5.74) is 1.00. The summed E-state index contributed by atoms with van der Waals surface area (Å²) in [7, 11) is 3.17. The summed E-state index contributed by atoms with van der Waals surface area (Å²) >= 11 is 0. The Balaban J connectivity index is 3.01. The van der Waals surface area contributed by atoms with E-state index in [2.05, 4.69) is 5.32 Å². The number of nitrogens with one attached hydrogen (secondary N) is 1. The van der Waals surface area contributed by atoms with Crippen molar-refractivity contribution in [2.75, 3.05) is 12.4 Å². The Morgan fingerprint density at radius 2 is 2.14 bits per heavy atom. The zero-order chi connectivity index (χ0) is 10.8. The Bertz CT molecular complexity index is 430. The summed E-state index contributed by atoms with van der Waals surface area (Å²) < 4.78 is 21.5. The summed E-state index contributed by atoms with van der Waals surface area (Å²) in [6.07, 6.45) is 0. The molecule has 0 aromatic heterocycles. The average molecular weight is 236 g/mol. The van der Waals surface area contributed by atoms with Gasteiger partial charge in [-0.1, -0.05) is 6.07 Å². The lowest BCUT2D eigenvalue weighted by molar-refractivity contribution is 0.477. The van der Waals surface area contributed by atoms with Gasteiger partial charge in [-0.05, 0) is 17.7 Å². The topological polar surface area (TPSA) is 66.4 Å². The highest BCUT2D eigenvalue weighted by Gasteiger charge is 2.08. The van der Waals surface area contributed by atoms with Crippen molar-refractivity contribution >= 4 is 25.4 Å². The molecule has 0 amide bonds. The molecule has 14 heavy (non-hydrogen) atoms. The number of rotatable bonds is 3. The highest BCUT2D eigenvalue weighted by Crippen LogP contribution is 2.24. The van der Waals surface area contributed by atoms with Crippen molar-refractivity contribution in [2.45, 2.75) is 5.75 Å². The van der Waals surface area contributed by atoms with Crippen molar-refractivity contribution in [2.24, 2.45) is 0 Å². The number of hydrogen-bond donors (Lipinski definition) is 2. The number of aromatic hydroxyl groups is 1. The Morgan fingerprint density at radius 3 is 2.64 bits per heavy atom. The van der Waals surface area contributed by atoms with Crippen LogP contribution in [0.3, 0.4) is 0 Å². The molecule has 0 radical (unpaired) electrons. The summed E-state index contributed by atoms with van der Waals surface area (Å²) in [4.78, 5) is 0. The number of hydrogen-bond acceptors (Lipinski definition) is 4. The molecule has 2 N–H and O–H groups in total. The molecular weight excluding hydrogens is 226 g/mol. The smallest absolute Gasteiger partial charge is 0.236 e. The molecule has 0 aliphatic heterocycles. The zero-order valence-corrected chi connectivity index (χ0v) is 9.06. The number of halogens is 1. The number of anilines is 1. The van der Waals surface area contributed by atoms with Gasteiger partial charge in [-0.15, -0.1) is 0 Å². The van der Waals surface area contributed by atoms with E-state index in [9.17, 15) is 13.5 Å². The number of phenols is 1. The van der Waals surface area contributed by atoms with E-state index in [4.69, 9.17) is 10.7 Å². The first-order valence-electron chi connectivity index (χ1n) is 3.84. The summed E-state index contributed by atoms with van der Waals surface area (Å²) in [5, 5.41) is 12.0. The van der Waals surface area contributed by atoms with E-state index in [0.29, 0.717) is 11.3 Å². The predicted octanol–water partition coefficient (Wildman–Crippen LogP) is 1.50. The minimum absolute atomic E-state index is 0.0724. The maximum atomic E-state index is 10.8. The molecule has 0 heterocycles. The molecule has 1 aromatic carbocycles. The second-order valence-electron chi connectivity index (χ2n) is 2.78. The van der Waals surface area contributed by atoms with E-state index in [-0.39, 0.29) is 11.5 Å². The van der Waals surface area contributed by atoms with Crippen molar-refractivity contribution in [3.8, 4) is 5.75 Å². The Morgan fingerprint density at radius 1 is 1.50 bits per heavy atom. The second-order valence-corrected chi connectivity index (χ2v) is 5.56. The van der Waals surface area contributed by atoms with Gasteiger partial charge in [0, 0.05) is 17.7 Å². The highest BCUT2D eigenvalue weighted by molar-refractivity contribution is 8.13. The van der Waals surface area contributed by atoms with Crippen molar-refractivity contribution in [3.05, 3.63) is 23.8 Å². The quantitative estimate of drug-likeness (QED) is 0.616. The lowest BCUT2D eigenvalue weighted by Gasteiger charge is -2.05. The third kappa shape index (κ3) is 3.08. The van der Waals surface area contributed by atoms with E-state index in [1.54, 1.807) is 7.05 Å². The van der Waals surface area contributed by atoms with E-state index < -0.39 is 9.05 Å². The molecule has 0 spiro atoms. The third-order valence-corrected chi connectivity index (χ3v) is 2.67. The molecule has 0 atom stereocenters. The normalized spacial score (nSPS) is 11.3. The number of phenolic OH excluding ortho intramolecular Hbond substituents is 1. The van der Waals surface area contributed by atoms with Gasteiger partial charge in [0.25, 0.3) is 0 Å². The van der Waals surface area contributed by atoms with E-state index >= 15 is 0 Å². The molecule has 0 unspecified atom stereocenters. The van der Waals surface area contributed by atoms with Crippen LogP contribution in [0, 0.1) is 0 Å². The monoisotopic (exact) mass is 235 g/mol. The van der Waals surface area contributed by atoms with Crippen LogP contribution in [-0.2, 0) is 14.8 Å². The van der Waals surface area contributed by atoms with Gasteiger partial charge in [-0.2, -0.15) is 0 Å². The Labute approximate surface area is 86.9 Å². The van der Waals surface area contributed by atoms with Gasteiger partial charge < -0.3 is 10.4 Å². The zero-order valence-electron chi connectivity index (χ0n) is 7.49. The van der Waals surface area contributed by atoms with Crippen LogP contribution in [0.25, 0.3) is 0 Å². The second kappa shape index (κ2) is 4.06. The van der Waals surface area contributed by atoms with E-state index in [0.717, 1.165) is 0 Å². The van der Waals surface area contributed by atoms with Gasteiger partial charge >= 0.3 is 0 Å².